The van der Waals surface area contributed by atoms with Crippen molar-refractivity contribution in [1.29, 1.82) is 5.26 Å². The van der Waals surface area contributed by atoms with Crippen LogP contribution in [0.4, 0.5) is 10.1 Å². The van der Waals surface area contributed by atoms with Crippen molar-refractivity contribution in [2.24, 2.45) is 5.41 Å². The van der Waals surface area contributed by atoms with Crippen molar-refractivity contribution in [3.05, 3.63) is 28.0 Å². The maximum Gasteiger partial charge on any atom is 0.139 e. The summed E-state index contributed by atoms with van der Waals surface area (Å²) >= 11 is 3.16. The highest BCUT2D eigenvalue weighted by Gasteiger charge is 2.15. The normalized spacial score (nSPS) is 11.1. The number of anilines is 1. The van der Waals surface area contributed by atoms with Gasteiger partial charge in [-0.05, 0) is 67.2 Å². The predicted molar refractivity (Wildman–Crippen MR) is 76.0 cm³/mol. The number of nitrogens with zero attached hydrogens (tertiary/aromatic N) is 1. The lowest BCUT2D eigenvalue weighted by Gasteiger charge is -2.16. The van der Waals surface area contributed by atoms with E-state index in [-0.39, 0.29) is 11.2 Å². The van der Waals surface area contributed by atoms with E-state index in [1.165, 1.54) is 6.07 Å². The molecule has 0 amide bonds. The molecule has 0 aliphatic carbocycles. The average molecular weight is 313 g/mol. The summed E-state index contributed by atoms with van der Waals surface area (Å²) < 4.78 is 13.9. The molecule has 0 unspecified atom stereocenters. The zero-order valence-corrected chi connectivity index (χ0v) is 12.6. The van der Waals surface area contributed by atoms with Crippen molar-refractivity contribution in [3.63, 3.8) is 0 Å². The van der Waals surface area contributed by atoms with E-state index in [0.29, 0.717) is 4.47 Å². The molecule has 4 heteroatoms. The highest BCUT2D eigenvalue weighted by Crippen LogP contribution is 2.25. The van der Waals surface area contributed by atoms with Crippen LogP contribution in [0.25, 0.3) is 0 Å². The second kappa shape index (κ2) is 6.19. The van der Waals surface area contributed by atoms with E-state index in [1.807, 2.05) is 20.8 Å². The molecule has 98 valence electrons. The summed E-state index contributed by atoms with van der Waals surface area (Å²) in [7, 11) is 0. The molecule has 0 atom stereocenters. The molecule has 0 aliphatic rings. The third kappa shape index (κ3) is 4.30. The van der Waals surface area contributed by atoms with E-state index in [1.54, 1.807) is 6.07 Å². The van der Waals surface area contributed by atoms with Crippen LogP contribution in [-0.2, 0) is 0 Å². The van der Waals surface area contributed by atoms with Gasteiger partial charge in [-0.3, -0.25) is 0 Å². The number of hydrogen-bond donors (Lipinski definition) is 1. The van der Waals surface area contributed by atoms with Gasteiger partial charge in [-0.25, -0.2) is 4.39 Å². The summed E-state index contributed by atoms with van der Waals surface area (Å²) in [6.07, 6.45) is 1.71. The Labute approximate surface area is 116 Å². The molecule has 0 radical (unpaired) electrons. The van der Waals surface area contributed by atoms with Gasteiger partial charge in [-0.2, -0.15) is 5.26 Å². The number of nitrogens with one attached hydrogen (secondary N) is 1. The maximum atomic E-state index is 13.4. The minimum absolute atomic E-state index is 0.263. The van der Waals surface area contributed by atoms with E-state index in [2.05, 4.69) is 27.3 Å². The van der Waals surface area contributed by atoms with Gasteiger partial charge in [0.1, 0.15) is 5.82 Å². The van der Waals surface area contributed by atoms with Gasteiger partial charge in [0, 0.05) is 12.2 Å². The van der Waals surface area contributed by atoms with Crippen molar-refractivity contribution in [3.8, 4) is 6.07 Å². The van der Waals surface area contributed by atoms with E-state index >= 15 is 0 Å². The molecular formula is C14H18BrFN2. The number of halogens is 2. The first kappa shape index (κ1) is 15.0. The molecule has 0 aliphatic heterocycles. The zero-order valence-electron chi connectivity index (χ0n) is 11.0. The number of rotatable bonds is 5. The molecule has 1 rings (SSSR count). The summed E-state index contributed by atoms with van der Waals surface area (Å²) in [4.78, 5) is 0. The lowest BCUT2D eigenvalue weighted by atomic mass is 9.90. The van der Waals surface area contributed by atoms with Crippen LogP contribution in [0.15, 0.2) is 16.6 Å². The smallest absolute Gasteiger partial charge is 0.139 e. The number of hydrogen-bond acceptors (Lipinski definition) is 2. The van der Waals surface area contributed by atoms with Gasteiger partial charge in [0.05, 0.1) is 16.0 Å². The van der Waals surface area contributed by atoms with Gasteiger partial charge in [-0.1, -0.05) is 0 Å². The van der Waals surface area contributed by atoms with E-state index < -0.39 is 0 Å². The Bertz CT molecular complexity index is 464. The molecule has 0 heterocycles. The molecule has 18 heavy (non-hydrogen) atoms. The molecule has 0 bridgehead atoms. The standard InChI is InChI=1S/C14H18BrFN2/c1-10-7-11(15)12(16)8-13(10)18-6-4-5-14(2,3)9-17/h7-8,18H,4-6H2,1-3H3. The lowest BCUT2D eigenvalue weighted by molar-refractivity contribution is 0.441. The van der Waals surface area contributed by atoms with Crippen LogP contribution in [-0.4, -0.2) is 6.54 Å². The summed E-state index contributed by atoms with van der Waals surface area (Å²) in [6.45, 7) is 6.54. The molecule has 1 N–H and O–H groups in total. The number of nitriles is 1. The van der Waals surface area contributed by atoms with Crippen molar-refractivity contribution in [2.45, 2.75) is 33.6 Å². The van der Waals surface area contributed by atoms with E-state index in [0.717, 1.165) is 30.6 Å². The van der Waals surface area contributed by atoms with Gasteiger partial charge in [0.2, 0.25) is 0 Å². The van der Waals surface area contributed by atoms with Gasteiger partial charge in [0.25, 0.3) is 0 Å². The third-order valence-corrected chi connectivity index (χ3v) is 3.47. The minimum atomic E-state index is -0.290. The molecule has 0 spiro atoms. The Morgan fingerprint density at radius 3 is 2.72 bits per heavy atom. The Balaban J connectivity index is 2.50. The second-order valence-electron chi connectivity index (χ2n) is 5.11. The second-order valence-corrected chi connectivity index (χ2v) is 5.96. The lowest BCUT2D eigenvalue weighted by Crippen LogP contribution is -2.11. The highest BCUT2D eigenvalue weighted by molar-refractivity contribution is 9.10. The largest absolute Gasteiger partial charge is 0.385 e. The van der Waals surface area contributed by atoms with Crippen molar-refractivity contribution in [1.82, 2.24) is 0 Å². The van der Waals surface area contributed by atoms with Crippen molar-refractivity contribution in [2.75, 3.05) is 11.9 Å². The quantitative estimate of drug-likeness (QED) is 0.804. The summed E-state index contributed by atoms with van der Waals surface area (Å²) in [5.74, 6) is -0.263. The number of benzene rings is 1. The van der Waals surface area contributed by atoms with Crippen LogP contribution in [0.1, 0.15) is 32.3 Å². The van der Waals surface area contributed by atoms with Crippen LogP contribution in [0.3, 0.4) is 0 Å². The SMILES string of the molecule is Cc1cc(Br)c(F)cc1NCCCC(C)(C)C#N. The van der Waals surface area contributed by atoms with Gasteiger partial charge < -0.3 is 5.32 Å². The Kier molecular flexibility index (Phi) is 5.15. The molecule has 2 nitrogen and oxygen atoms in total. The fraction of sp³-hybridized carbons (Fsp3) is 0.500. The molecular weight excluding hydrogens is 295 g/mol. The summed E-state index contributed by atoms with van der Waals surface area (Å²) in [5.41, 5.74) is 1.52. The Morgan fingerprint density at radius 2 is 2.11 bits per heavy atom. The minimum Gasteiger partial charge on any atom is -0.385 e. The fourth-order valence-corrected chi connectivity index (χ4v) is 2.10. The fourth-order valence-electron chi connectivity index (χ4n) is 1.65. The number of aryl methyl sites for hydroxylation is 1. The van der Waals surface area contributed by atoms with Crippen LogP contribution >= 0.6 is 15.9 Å². The van der Waals surface area contributed by atoms with E-state index in [4.69, 9.17) is 5.26 Å². The molecule has 0 saturated carbocycles. The van der Waals surface area contributed by atoms with Crippen LogP contribution in [0.2, 0.25) is 0 Å². The topological polar surface area (TPSA) is 35.8 Å². The molecule has 0 saturated heterocycles. The van der Waals surface area contributed by atoms with Gasteiger partial charge in [0.15, 0.2) is 0 Å². The van der Waals surface area contributed by atoms with E-state index in [9.17, 15) is 4.39 Å². The zero-order chi connectivity index (χ0) is 13.8. The first-order valence-corrected chi connectivity index (χ1v) is 6.76. The Hall–Kier alpha value is -1.08. The van der Waals surface area contributed by atoms with Crippen LogP contribution in [0, 0.1) is 29.5 Å². The van der Waals surface area contributed by atoms with Gasteiger partial charge in [-0.15, -0.1) is 0 Å². The monoisotopic (exact) mass is 312 g/mol. The molecule has 0 fully saturated rings. The first-order chi connectivity index (χ1) is 8.35. The van der Waals surface area contributed by atoms with Crippen LogP contribution < -0.4 is 5.32 Å². The first-order valence-electron chi connectivity index (χ1n) is 5.96. The molecule has 1 aromatic rings. The molecule has 0 aromatic heterocycles. The molecule has 1 aromatic carbocycles. The van der Waals surface area contributed by atoms with Gasteiger partial charge >= 0.3 is 0 Å². The third-order valence-electron chi connectivity index (χ3n) is 2.86. The highest BCUT2D eigenvalue weighted by atomic mass is 79.9. The maximum absolute atomic E-state index is 13.4. The van der Waals surface area contributed by atoms with Crippen LogP contribution in [0.5, 0.6) is 0 Å². The summed E-state index contributed by atoms with van der Waals surface area (Å²) in [5, 5.41) is 12.1. The van der Waals surface area contributed by atoms with Crippen molar-refractivity contribution >= 4 is 21.6 Å². The average Bonchev–Trinajstić information content (AvgIpc) is 2.31. The predicted octanol–water partition coefficient (Wildman–Crippen LogP) is 4.64. The van der Waals surface area contributed by atoms with Crippen molar-refractivity contribution < 1.29 is 4.39 Å². The Morgan fingerprint density at radius 1 is 1.44 bits per heavy atom. The summed E-state index contributed by atoms with van der Waals surface area (Å²) in [6, 6.07) is 5.53.